The summed E-state index contributed by atoms with van der Waals surface area (Å²) < 4.78 is 13.6. The lowest BCUT2D eigenvalue weighted by Crippen LogP contribution is -2.38. The maximum Gasteiger partial charge on any atom is 0.189 e. The molecular weight excluding hydrogens is 496 g/mol. The molecular formula is C34H36N2O2Si. The van der Waals surface area contributed by atoms with Crippen molar-refractivity contribution in [2.24, 2.45) is 0 Å². The molecule has 1 aromatic heterocycles. The topological polar surface area (TPSA) is 36.3 Å². The van der Waals surface area contributed by atoms with Crippen LogP contribution in [-0.2, 0) is 10.3 Å². The molecule has 0 spiro atoms. The fourth-order valence-corrected chi connectivity index (χ4v) is 5.63. The van der Waals surface area contributed by atoms with Crippen LogP contribution in [0.3, 0.4) is 0 Å². The molecule has 4 aromatic carbocycles. The summed E-state index contributed by atoms with van der Waals surface area (Å²) in [6.07, 6.45) is 2.08. The van der Waals surface area contributed by atoms with Crippen molar-refractivity contribution in [2.75, 3.05) is 13.4 Å². The van der Waals surface area contributed by atoms with Crippen LogP contribution < -0.4 is 4.74 Å². The normalized spacial score (nSPS) is 11.9. The Bertz CT molecular complexity index is 1350. The quantitative estimate of drug-likeness (QED) is 0.0747. The van der Waals surface area contributed by atoms with E-state index >= 15 is 0 Å². The molecule has 0 saturated carbocycles. The van der Waals surface area contributed by atoms with Gasteiger partial charge in [0.1, 0.15) is 11.3 Å². The Labute approximate surface area is 232 Å². The van der Waals surface area contributed by atoms with Gasteiger partial charge < -0.3 is 9.47 Å². The molecule has 0 unspecified atom stereocenters. The Hall–Kier alpha value is -3.93. The molecule has 0 fully saturated rings. The van der Waals surface area contributed by atoms with Crippen molar-refractivity contribution in [3.05, 3.63) is 144 Å². The van der Waals surface area contributed by atoms with Crippen LogP contribution in [0.5, 0.6) is 5.75 Å². The standard InChI is InChI=1S/C34H36N2O2Si/c1-39(2,3)26-25-37-27-38-32-21-19-28(20-22-32)33-23-24-36(35-33)34(29-13-7-4-8-14-29,30-15-9-5-10-16-30)31-17-11-6-12-18-31/h4-24H,25-27H2,1-3H3. The van der Waals surface area contributed by atoms with Gasteiger partial charge in [-0.3, -0.25) is 4.68 Å². The fourth-order valence-electron chi connectivity index (χ4n) is 4.87. The van der Waals surface area contributed by atoms with E-state index in [0.29, 0.717) is 0 Å². The summed E-state index contributed by atoms with van der Waals surface area (Å²) in [6.45, 7) is 8.06. The maximum absolute atomic E-state index is 5.81. The van der Waals surface area contributed by atoms with Gasteiger partial charge >= 0.3 is 0 Å². The van der Waals surface area contributed by atoms with Crippen molar-refractivity contribution in [3.63, 3.8) is 0 Å². The van der Waals surface area contributed by atoms with Gasteiger partial charge in [-0.25, -0.2) is 0 Å². The van der Waals surface area contributed by atoms with E-state index in [9.17, 15) is 0 Å². The highest BCUT2D eigenvalue weighted by atomic mass is 28.3. The van der Waals surface area contributed by atoms with Crippen LogP contribution in [0.15, 0.2) is 128 Å². The zero-order valence-corrected chi connectivity index (χ0v) is 24.0. The summed E-state index contributed by atoms with van der Waals surface area (Å²) in [5.41, 5.74) is 4.75. The summed E-state index contributed by atoms with van der Waals surface area (Å²) in [6, 6.07) is 43.1. The average Bonchev–Trinajstić information content (AvgIpc) is 3.45. The van der Waals surface area contributed by atoms with E-state index in [4.69, 9.17) is 14.6 Å². The highest BCUT2D eigenvalue weighted by molar-refractivity contribution is 6.76. The van der Waals surface area contributed by atoms with E-state index < -0.39 is 13.6 Å². The van der Waals surface area contributed by atoms with Gasteiger partial charge in [0.15, 0.2) is 6.79 Å². The molecule has 1 heterocycles. The Morgan fingerprint density at radius 2 is 1.18 bits per heavy atom. The van der Waals surface area contributed by atoms with E-state index in [-0.39, 0.29) is 6.79 Å². The van der Waals surface area contributed by atoms with Crippen molar-refractivity contribution in [1.29, 1.82) is 0 Å². The van der Waals surface area contributed by atoms with Crippen LogP contribution in [0.4, 0.5) is 0 Å². The number of nitrogens with zero attached hydrogens (tertiary/aromatic N) is 2. The summed E-state index contributed by atoms with van der Waals surface area (Å²) >= 11 is 0. The summed E-state index contributed by atoms with van der Waals surface area (Å²) in [5.74, 6) is 0.790. The van der Waals surface area contributed by atoms with Crippen LogP contribution in [0.25, 0.3) is 11.3 Å². The molecule has 0 amide bonds. The Morgan fingerprint density at radius 3 is 1.67 bits per heavy atom. The summed E-state index contributed by atoms with van der Waals surface area (Å²) in [7, 11) is -1.10. The zero-order chi connectivity index (χ0) is 27.1. The first-order valence-corrected chi connectivity index (χ1v) is 17.2. The second-order valence-electron chi connectivity index (χ2n) is 11.0. The second-order valence-corrected chi connectivity index (χ2v) is 16.6. The van der Waals surface area contributed by atoms with Gasteiger partial charge in [-0.1, -0.05) is 111 Å². The minimum atomic E-state index is -1.10. The van der Waals surface area contributed by atoms with Crippen molar-refractivity contribution in [2.45, 2.75) is 31.2 Å². The number of benzene rings is 4. The van der Waals surface area contributed by atoms with Crippen LogP contribution in [0.2, 0.25) is 25.7 Å². The van der Waals surface area contributed by atoms with Crippen LogP contribution >= 0.6 is 0 Å². The molecule has 5 aromatic rings. The fraction of sp³-hybridized carbons (Fsp3) is 0.206. The molecule has 0 aliphatic rings. The van der Waals surface area contributed by atoms with Crippen molar-refractivity contribution >= 4 is 8.07 Å². The molecule has 4 nitrogen and oxygen atoms in total. The Kier molecular flexibility index (Phi) is 8.10. The van der Waals surface area contributed by atoms with Crippen LogP contribution in [-0.4, -0.2) is 31.3 Å². The molecule has 0 aliphatic heterocycles. The van der Waals surface area contributed by atoms with Crippen molar-refractivity contribution < 1.29 is 9.47 Å². The summed E-state index contributed by atoms with van der Waals surface area (Å²) in [4.78, 5) is 0. The molecule has 39 heavy (non-hydrogen) atoms. The number of rotatable bonds is 11. The molecule has 0 radical (unpaired) electrons. The third-order valence-corrected chi connectivity index (χ3v) is 8.67. The van der Waals surface area contributed by atoms with Crippen LogP contribution in [0, 0.1) is 0 Å². The van der Waals surface area contributed by atoms with Crippen molar-refractivity contribution in [3.8, 4) is 17.0 Å². The average molecular weight is 533 g/mol. The molecule has 0 aliphatic carbocycles. The third kappa shape index (κ3) is 6.05. The number of hydrogen-bond acceptors (Lipinski definition) is 3. The molecule has 0 N–H and O–H groups in total. The lowest BCUT2D eigenvalue weighted by atomic mass is 9.77. The van der Waals surface area contributed by atoms with Gasteiger partial charge in [-0.15, -0.1) is 0 Å². The number of aromatic nitrogens is 2. The highest BCUT2D eigenvalue weighted by Crippen LogP contribution is 2.40. The van der Waals surface area contributed by atoms with E-state index in [1.54, 1.807) is 0 Å². The molecule has 5 rings (SSSR count). The number of ether oxygens (including phenoxy) is 2. The lowest BCUT2D eigenvalue weighted by molar-refractivity contribution is 0.0220. The predicted octanol–water partition coefficient (Wildman–Crippen LogP) is 8.08. The first-order valence-electron chi connectivity index (χ1n) is 13.5. The van der Waals surface area contributed by atoms with E-state index in [1.807, 2.05) is 12.1 Å². The first-order chi connectivity index (χ1) is 19.0. The Balaban J connectivity index is 1.46. The minimum absolute atomic E-state index is 0.270. The maximum atomic E-state index is 5.81. The van der Waals surface area contributed by atoms with E-state index in [0.717, 1.165) is 46.3 Å². The Morgan fingerprint density at radius 1 is 0.667 bits per heavy atom. The molecule has 198 valence electrons. The monoisotopic (exact) mass is 532 g/mol. The van der Waals surface area contributed by atoms with Crippen molar-refractivity contribution in [1.82, 2.24) is 9.78 Å². The molecule has 0 saturated heterocycles. The van der Waals surface area contributed by atoms with Gasteiger partial charge in [-0.2, -0.15) is 5.10 Å². The lowest BCUT2D eigenvalue weighted by Gasteiger charge is -2.36. The first kappa shape index (κ1) is 26.7. The largest absolute Gasteiger partial charge is 0.468 e. The summed E-state index contributed by atoms with van der Waals surface area (Å²) in [5, 5.41) is 5.18. The number of hydrogen-bond donors (Lipinski definition) is 0. The van der Waals surface area contributed by atoms with E-state index in [2.05, 4.69) is 140 Å². The smallest absolute Gasteiger partial charge is 0.189 e. The van der Waals surface area contributed by atoms with Gasteiger partial charge in [0.2, 0.25) is 0 Å². The van der Waals surface area contributed by atoms with E-state index in [1.165, 1.54) is 0 Å². The second kappa shape index (κ2) is 11.8. The van der Waals surface area contributed by atoms with Crippen LogP contribution in [0.1, 0.15) is 16.7 Å². The minimum Gasteiger partial charge on any atom is -0.468 e. The highest BCUT2D eigenvalue weighted by Gasteiger charge is 2.39. The van der Waals surface area contributed by atoms with Gasteiger partial charge in [0, 0.05) is 26.4 Å². The molecule has 5 heteroatoms. The predicted molar refractivity (Wildman–Crippen MR) is 162 cm³/mol. The zero-order valence-electron chi connectivity index (χ0n) is 23.0. The molecule has 0 bridgehead atoms. The van der Waals surface area contributed by atoms with Gasteiger partial charge in [-0.05, 0) is 53.1 Å². The SMILES string of the molecule is C[Si](C)(C)CCOCOc1ccc(-c2ccn(C(c3ccccc3)(c3ccccc3)c3ccccc3)n2)cc1. The third-order valence-electron chi connectivity index (χ3n) is 6.96. The van der Waals surface area contributed by atoms with Gasteiger partial charge in [0.05, 0.1) is 5.69 Å². The molecule has 0 atom stereocenters. The van der Waals surface area contributed by atoms with Gasteiger partial charge in [0.25, 0.3) is 0 Å².